The van der Waals surface area contributed by atoms with Crippen LogP contribution < -0.4 is 5.73 Å². The molecule has 0 aliphatic heterocycles. The molecule has 2 N–H and O–H groups in total. The summed E-state index contributed by atoms with van der Waals surface area (Å²) in [6.07, 6.45) is 3.70. The van der Waals surface area contributed by atoms with Crippen LogP contribution in [0, 0.1) is 0 Å². The Balaban J connectivity index is 1.79. The molecular formula is C18H19N3. The largest absolute Gasteiger partial charge is 0.398 e. The van der Waals surface area contributed by atoms with E-state index >= 15 is 0 Å². The van der Waals surface area contributed by atoms with Gasteiger partial charge >= 0.3 is 0 Å². The molecule has 0 atom stereocenters. The highest BCUT2D eigenvalue weighted by atomic mass is 15.1. The highest BCUT2D eigenvalue weighted by molar-refractivity contribution is 5.86. The molecule has 2 aromatic carbocycles. The number of rotatable bonds is 4. The van der Waals surface area contributed by atoms with E-state index in [0.29, 0.717) is 0 Å². The Morgan fingerprint density at radius 3 is 2.48 bits per heavy atom. The lowest BCUT2D eigenvalue weighted by Gasteiger charge is -2.18. The number of aromatic nitrogens is 1. The van der Waals surface area contributed by atoms with Gasteiger partial charge in [0, 0.05) is 31.2 Å². The molecule has 1 heterocycles. The molecule has 0 spiro atoms. The van der Waals surface area contributed by atoms with E-state index in [4.69, 9.17) is 5.73 Å². The molecule has 0 bridgehead atoms. The number of nitrogens with zero attached hydrogens (tertiary/aromatic N) is 2. The van der Waals surface area contributed by atoms with E-state index in [1.54, 1.807) is 6.20 Å². The zero-order valence-electron chi connectivity index (χ0n) is 12.2. The summed E-state index contributed by atoms with van der Waals surface area (Å²) < 4.78 is 0. The highest BCUT2D eigenvalue weighted by Crippen LogP contribution is 2.23. The zero-order chi connectivity index (χ0) is 14.7. The predicted molar refractivity (Wildman–Crippen MR) is 87.8 cm³/mol. The number of nitrogens with two attached hydrogens (primary N) is 1. The minimum Gasteiger partial charge on any atom is -0.398 e. The van der Waals surface area contributed by atoms with E-state index in [1.165, 1.54) is 21.9 Å². The Morgan fingerprint density at radius 1 is 1.00 bits per heavy atom. The first kappa shape index (κ1) is 13.6. The number of nitrogen functional groups attached to an aromatic ring is 1. The fourth-order valence-corrected chi connectivity index (χ4v) is 2.59. The van der Waals surface area contributed by atoms with Gasteiger partial charge in [-0.05, 0) is 47.1 Å². The topological polar surface area (TPSA) is 42.2 Å². The molecule has 0 unspecified atom stereocenters. The van der Waals surface area contributed by atoms with E-state index < -0.39 is 0 Å². The van der Waals surface area contributed by atoms with Crippen molar-refractivity contribution in [3.8, 4) is 0 Å². The number of benzene rings is 2. The van der Waals surface area contributed by atoms with Gasteiger partial charge in [0.15, 0.2) is 0 Å². The molecule has 0 radical (unpaired) electrons. The van der Waals surface area contributed by atoms with Crippen molar-refractivity contribution >= 4 is 16.5 Å². The van der Waals surface area contributed by atoms with Gasteiger partial charge < -0.3 is 5.73 Å². The SMILES string of the molecule is CN(Cc1cccnc1)Cc1cc2ccccc2cc1N. The molecule has 3 heteroatoms. The summed E-state index contributed by atoms with van der Waals surface area (Å²) in [4.78, 5) is 6.40. The molecule has 106 valence electrons. The van der Waals surface area contributed by atoms with Crippen LogP contribution >= 0.6 is 0 Å². The maximum Gasteiger partial charge on any atom is 0.0366 e. The Morgan fingerprint density at radius 2 is 1.76 bits per heavy atom. The Labute approximate surface area is 125 Å². The fraction of sp³-hybridized carbons (Fsp3) is 0.167. The van der Waals surface area contributed by atoms with Gasteiger partial charge in [0.1, 0.15) is 0 Å². The normalized spacial score (nSPS) is 11.1. The van der Waals surface area contributed by atoms with E-state index in [1.807, 2.05) is 18.3 Å². The zero-order valence-corrected chi connectivity index (χ0v) is 12.2. The van der Waals surface area contributed by atoms with Crippen molar-refractivity contribution in [3.63, 3.8) is 0 Å². The van der Waals surface area contributed by atoms with Crippen LogP contribution in [0.2, 0.25) is 0 Å². The van der Waals surface area contributed by atoms with E-state index in [9.17, 15) is 0 Å². The van der Waals surface area contributed by atoms with Gasteiger partial charge in [0.05, 0.1) is 0 Å². The molecule has 3 aromatic rings. The number of hydrogen-bond acceptors (Lipinski definition) is 3. The minimum atomic E-state index is 0.825. The molecule has 0 saturated carbocycles. The van der Waals surface area contributed by atoms with Crippen LogP contribution in [-0.4, -0.2) is 16.9 Å². The first-order valence-corrected chi connectivity index (χ1v) is 7.07. The lowest BCUT2D eigenvalue weighted by Crippen LogP contribution is -2.18. The van der Waals surface area contributed by atoms with Crippen molar-refractivity contribution in [2.24, 2.45) is 0 Å². The lowest BCUT2D eigenvalue weighted by molar-refractivity contribution is 0.319. The first-order chi connectivity index (χ1) is 10.2. The average Bonchev–Trinajstić information content (AvgIpc) is 2.49. The summed E-state index contributed by atoms with van der Waals surface area (Å²) in [7, 11) is 2.10. The molecule has 21 heavy (non-hydrogen) atoms. The summed E-state index contributed by atoms with van der Waals surface area (Å²) >= 11 is 0. The monoisotopic (exact) mass is 277 g/mol. The van der Waals surface area contributed by atoms with Crippen molar-refractivity contribution in [2.75, 3.05) is 12.8 Å². The summed E-state index contributed by atoms with van der Waals surface area (Å²) in [6.45, 7) is 1.69. The quantitative estimate of drug-likeness (QED) is 0.743. The molecule has 0 saturated heterocycles. The number of pyridine rings is 1. The second kappa shape index (κ2) is 5.94. The molecule has 3 nitrogen and oxygen atoms in total. The molecular weight excluding hydrogens is 258 g/mol. The summed E-state index contributed by atoms with van der Waals surface area (Å²) in [5.41, 5.74) is 9.42. The van der Waals surface area contributed by atoms with Crippen LogP contribution in [0.3, 0.4) is 0 Å². The second-order valence-electron chi connectivity index (χ2n) is 5.43. The third-order valence-electron chi connectivity index (χ3n) is 3.62. The molecule has 0 aliphatic carbocycles. The maximum absolute atomic E-state index is 6.19. The van der Waals surface area contributed by atoms with Crippen molar-refractivity contribution in [2.45, 2.75) is 13.1 Å². The lowest BCUT2D eigenvalue weighted by atomic mass is 10.0. The van der Waals surface area contributed by atoms with Crippen molar-refractivity contribution in [1.29, 1.82) is 0 Å². The highest BCUT2D eigenvalue weighted by Gasteiger charge is 2.06. The number of anilines is 1. The van der Waals surface area contributed by atoms with Gasteiger partial charge in [-0.25, -0.2) is 0 Å². The molecule has 1 aromatic heterocycles. The first-order valence-electron chi connectivity index (χ1n) is 7.07. The smallest absolute Gasteiger partial charge is 0.0366 e. The third-order valence-corrected chi connectivity index (χ3v) is 3.62. The summed E-state index contributed by atoms with van der Waals surface area (Å²) in [5, 5.41) is 2.42. The van der Waals surface area contributed by atoms with Crippen LogP contribution in [0.1, 0.15) is 11.1 Å². The van der Waals surface area contributed by atoms with Crippen molar-refractivity contribution < 1.29 is 0 Å². The van der Waals surface area contributed by atoms with Crippen LogP contribution in [-0.2, 0) is 13.1 Å². The van der Waals surface area contributed by atoms with Gasteiger partial charge in [-0.3, -0.25) is 9.88 Å². The van der Waals surface area contributed by atoms with Gasteiger partial charge in [-0.2, -0.15) is 0 Å². The standard InChI is InChI=1S/C18H19N3/c1-21(12-14-5-4-8-20-11-14)13-17-9-15-6-2-3-7-16(15)10-18(17)19/h2-11H,12-13,19H2,1H3. The molecule has 0 fully saturated rings. The maximum atomic E-state index is 6.19. The van der Waals surface area contributed by atoms with E-state index in [2.05, 4.69) is 53.3 Å². The Bertz CT molecular complexity index is 738. The van der Waals surface area contributed by atoms with Crippen molar-refractivity contribution in [1.82, 2.24) is 9.88 Å². The van der Waals surface area contributed by atoms with Crippen LogP contribution in [0.5, 0.6) is 0 Å². The summed E-state index contributed by atoms with van der Waals surface area (Å²) in [5.74, 6) is 0. The van der Waals surface area contributed by atoms with Crippen LogP contribution in [0.4, 0.5) is 5.69 Å². The summed E-state index contributed by atoms with van der Waals surface area (Å²) in [6, 6.07) is 16.6. The van der Waals surface area contributed by atoms with E-state index in [0.717, 1.165) is 18.8 Å². The Kier molecular flexibility index (Phi) is 3.84. The number of hydrogen-bond donors (Lipinski definition) is 1. The predicted octanol–water partition coefficient (Wildman–Crippen LogP) is 3.45. The van der Waals surface area contributed by atoms with Gasteiger partial charge in [0.25, 0.3) is 0 Å². The fourth-order valence-electron chi connectivity index (χ4n) is 2.59. The van der Waals surface area contributed by atoms with Gasteiger partial charge in [-0.1, -0.05) is 30.3 Å². The van der Waals surface area contributed by atoms with Crippen LogP contribution in [0.15, 0.2) is 60.9 Å². The minimum absolute atomic E-state index is 0.825. The average molecular weight is 277 g/mol. The van der Waals surface area contributed by atoms with Crippen molar-refractivity contribution in [3.05, 3.63) is 72.1 Å². The molecule has 3 rings (SSSR count). The molecule has 0 amide bonds. The van der Waals surface area contributed by atoms with Crippen LogP contribution in [0.25, 0.3) is 10.8 Å². The Hall–Kier alpha value is -2.39. The second-order valence-corrected chi connectivity index (χ2v) is 5.43. The third kappa shape index (κ3) is 3.20. The van der Waals surface area contributed by atoms with E-state index in [-0.39, 0.29) is 0 Å². The van der Waals surface area contributed by atoms with Gasteiger partial charge in [-0.15, -0.1) is 0 Å². The number of fused-ring (bicyclic) bond motifs is 1. The molecule has 0 aliphatic rings. The van der Waals surface area contributed by atoms with Gasteiger partial charge in [0.2, 0.25) is 0 Å².